The summed E-state index contributed by atoms with van der Waals surface area (Å²) in [6.07, 6.45) is 2.15. The Morgan fingerprint density at radius 1 is 1.42 bits per heavy atom. The van der Waals surface area contributed by atoms with Gasteiger partial charge < -0.3 is 10.3 Å². The largest absolute Gasteiger partial charge is 0.324 e. The van der Waals surface area contributed by atoms with Crippen molar-refractivity contribution in [3.05, 3.63) is 40.2 Å². The molecule has 2 N–H and O–H groups in total. The van der Waals surface area contributed by atoms with Crippen molar-refractivity contribution in [2.24, 2.45) is 5.73 Å². The minimum absolute atomic E-state index is 0.0529. The van der Waals surface area contributed by atoms with Gasteiger partial charge in [0, 0.05) is 23.7 Å². The van der Waals surface area contributed by atoms with Crippen molar-refractivity contribution in [2.75, 3.05) is 0 Å². The minimum Gasteiger partial charge on any atom is -0.324 e. The van der Waals surface area contributed by atoms with Crippen LogP contribution in [0.1, 0.15) is 24.7 Å². The summed E-state index contributed by atoms with van der Waals surface area (Å²) in [5.41, 5.74) is 6.41. The van der Waals surface area contributed by atoms with Gasteiger partial charge in [0.25, 0.3) is 5.69 Å². The summed E-state index contributed by atoms with van der Waals surface area (Å²) in [6.45, 7) is 0.318. The monoisotopic (exact) mass is 259 g/mol. The molecule has 19 heavy (non-hydrogen) atoms. The molecule has 1 heterocycles. The zero-order valence-corrected chi connectivity index (χ0v) is 10.2. The third kappa shape index (κ3) is 2.08. The molecule has 0 unspecified atom stereocenters. The first-order chi connectivity index (χ1) is 9.20. The van der Waals surface area contributed by atoms with Crippen LogP contribution in [0.5, 0.6) is 0 Å². The second-order valence-electron chi connectivity index (χ2n) is 4.55. The van der Waals surface area contributed by atoms with Gasteiger partial charge >= 0.3 is 0 Å². The highest BCUT2D eigenvalue weighted by Gasteiger charge is 2.29. The van der Waals surface area contributed by atoms with Gasteiger partial charge in [-0.1, -0.05) is 12.1 Å². The van der Waals surface area contributed by atoms with E-state index in [1.54, 1.807) is 12.1 Å². The summed E-state index contributed by atoms with van der Waals surface area (Å²) in [6, 6.07) is 6.81. The summed E-state index contributed by atoms with van der Waals surface area (Å²) < 4.78 is 2.00. The van der Waals surface area contributed by atoms with Gasteiger partial charge in [0.05, 0.1) is 11.5 Å². The molecule has 0 saturated heterocycles. The Kier molecular flexibility index (Phi) is 2.75. The lowest BCUT2D eigenvalue weighted by Crippen LogP contribution is -2.08. The van der Waals surface area contributed by atoms with Gasteiger partial charge in [-0.05, 0) is 12.8 Å². The van der Waals surface area contributed by atoms with E-state index in [0.29, 0.717) is 24.0 Å². The van der Waals surface area contributed by atoms with E-state index in [1.807, 2.05) is 4.57 Å². The molecular formula is C12H13N5O2. The molecule has 7 nitrogen and oxygen atoms in total. The second-order valence-corrected chi connectivity index (χ2v) is 4.55. The fraction of sp³-hybridized carbons (Fsp3) is 0.333. The highest BCUT2D eigenvalue weighted by Crippen LogP contribution is 2.39. The zero-order valence-electron chi connectivity index (χ0n) is 10.2. The molecule has 1 fully saturated rings. The van der Waals surface area contributed by atoms with Gasteiger partial charge in [0.2, 0.25) is 0 Å². The molecule has 98 valence electrons. The Morgan fingerprint density at radius 3 is 2.84 bits per heavy atom. The van der Waals surface area contributed by atoms with Gasteiger partial charge in [-0.25, -0.2) is 0 Å². The summed E-state index contributed by atoms with van der Waals surface area (Å²) in [5, 5.41) is 19.0. The van der Waals surface area contributed by atoms with Crippen molar-refractivity contribution in [2.45, 2.75) is 25.4 Å². The number of nitro benzene ring substituents is 1. The van der Waals surface area contributed by atoms with Gasteiger partial charge in [-0.15, -0.1) is 10.2 Å². The number of nitrogens with zero attached hydrogens (tertiary/aromatic N) is 4. The van der Waals surface area contributed by atoms with E-state index in [9.17, 15) is 10.1 Å². The molecule has 0 amide bonds. The molecule has 1 aliphatic carbocycles. The van der Waals surface area contributed by atoms with E-state index in [2.05, 4.69) is 10.2 Å². The fourth-order valence-electron chi connectivity index (χ4n) is 2.13. The minimum atomic E-state index is -0.412. The number of nitrogens with two attached hydrogens (primary N) is 1. The lowest BCUT2D eigenvalue weighted by atomic mass is 10.2. The predicted molar refractivity (Wildman–Crippen MR) is 68.3 cm³/mol. The molecule has 7 heteroatoms. The maximum absolute atomic E-state index is 10.8. The maximum Gasteiger partial charge on any atom is 0.270 e. The number of nitro groups is 1. The van der Waals surface area contributed by atoms with Gasteiger partial charge in [-0.2, -0.15) is 0 Å². The van der Waals surface area contributed by atoms with Crippen LogP contribution in [0.25, 0.3) is 11.4 Å². The highest BCUT2D eigenvalue weighted by atomic mass is 16.6. The number of rotatable bonds is 4. The Morgan fingerprint density at radius 2 is 2.21 bits per heavy atom. The average Bonchev–Trinajstić information content (AvgIpc) is 3.17. The van der Waals surface area contributed by atoms with E-state index in [0.717, 1.165) is 18.7 Å². The Balaban J connectivity index is 2.09. The smallest absolute Gasteiger partial charge is 0.270 e. The Hall–Kier alpha value is -2.28. The molecule has 0 bridgehead atoms. The number of hydrogen-bond acceptors (Lipinski definition) is 5. The van der Waals surface area contributed by atoms with E-state index >= 15 is 0 Å². The van der Waals surface area contributed by atoms with Crippen LogP contribution < -0.4 is 5.73 Å². The number of aromatic nitrogens is 3. The van der Waals surface area contributed by atoms with Crippen molar-refractivity contribution in [1.82, 2.24) is 14.8 Å². The fourth-order valence-corrected chi connectivity index (χ4v) is 2.13. The standard InChI is InChI=1S/C12H13N5O2/c13-7-11-14-15-12(16(11)9-4-5-9)8-2-1-3-10(6-8)17(18)19/h1-3,6,9H,4-5,7,13H2. The van der Waals surface area contributed by atoms with Crippen LogP contribution in [-0.2, 0) is 6.54 Å². The van der Waals surface area contributed by atoms with E-state index in [4.69, 9.17) is 5.73 Å². The molecule has 3 rings (SSSR count). The van der Waals surface area contributed by atoms with Crippen LogP contribution >= 0.6 is 0 Å². The SMILES string of the molecule is NCc1nnc(-c2cccc([N+](=O)[O-])c2)n1C1CC1. The summed E-state index contributed by atoms with van der Waals surface area (Å²) in [5.74, 6) is 1.38. The molecule has 1 aromatic heterocycles. The highest BCUT2D eigenvalue weighted by molar-refractivity contribution is 5.59. The number of non-ortho nitro benzene ring substituents is 1. The number of hydrogen-bond donors (Lipinski definition) is 1. The zero-order chi connectivity index (χ0) is 13.4. The average molecular weight is 259 g/mol. The van der Waals surface area contributed by atoms with Crippen LogP contribution in [0.3, 0.4) is 0 Å². The third-order valence-corrected chi connectivity index (χ3v) is 3.18. The van der Waals surface area contributed by atoms with E-state index < -0.39 is 4.92 Å². The molecule has 1 aromatic carbocycles. The molecule has 0 atom stereocenters. The van der Waals surface area contributed by atoms with Crippen molar-refractivity contribution >= 4 is 5.69 Å². The molecule has 1 aliphatic rings. The lowest BCUT2D eigenvalue weighted by Gasteiger charge is -2.07. The van der Waals surface area contributed by atoms with E-state index in [1.165, 1.54) is 12.1 Å². The van der Waals surface area contributed by atoms with Crippen LogP contribution in [0.2, 0.25) is 0 Å². The number of benzene rings is 1. The Labute approximate surface area is 109 Å². The molecule has 0 spiro atoms. The summed E-state index contributed by atoms with van der Waals surface area (Å²) in [7, 11) is 0. The topological polar surface area (TPSA) is 99.9 Å². The van der Waals surface area contributed by atoms with Crippen LogP contribution in [0, 0.1) is 10.1 Å². The normalized spacial score (nSPS) is 14.6. The second kappa shape index (κ2) is 4.43. The van der Waals surface area contributed by atoms with Gasteiger partial charge in [0.1, 0.15) is 5.82 Å². The third-order valence-electron chi connectivity index (χ3n) is 3.18. The van der Waals surface area contributed by atoms with Crippen LogP contribution in [0.15, 0.2) is 24.3 Å². The lowest BCUT2D eigenvalue weighted by molar-refractivity contribution is -0.384. The first-order valence-corrected chi connectivity index (χ1v) is 6.09. The molecule has 0 aliphatic heterocycles. The van der Waals surface area contributed by atoms with Crippen molar-refractivity contribution in [3.8, 4) is 11.4 Å². The summed E-state index contributed by atoms with van der Waals surface area (Å²) >= 11 is 0. The molecular weight excluding hydrogens is 246 g/mol. The maximum atomic E-state index is 10.8. The van der Waals surface area contributed by atoms with Crippen LogP contribution in [-0.4, -0.2) is 19.7 Å². The van der Waals surface area contributed by atoms with Gasteiger partial charge in [0.15, 0.2) is 5.82 Å². The molecule has 2 aromatic rings. The quantitative estimate of drug-likeness (QED) is 0.664. The van der Waals surface area contributed by atoms with E-state index in [-0.39, 0.29) is 5.69 Å². The van der Waals surface area contributed by atoms with Gasteiger partial charge in [-0.3, -0.25) is 10.1 Å². The first kappa shape index (κ1) is 11.8. The molecule has 1 saturated carbocycles. The molecule has 0 radical (unpaired) electrons. The first-order valence-electron chi connectivity index (χ1n) is 6.09. The predicted octanol–water partition coefficient (Wildman–Crippen LogP) is 1.65. The summed E-state index contributed by atoms with van der Waals surface area (Å²) in [4.78, 5) is 10.4. The van der Waals surface area contributed by atoms with Crippen molar-refractivity contribution in [1.29, 1.82) is 0 Å². The Bertz CT molecular complexity index is 633. The van der Waals surface area contributed by atoms with Crippen molar-refractivity contribution in [3.63, 3.8) is 0 Å². The van der Waals surface area contributed by atoms with Crippen LogP contribution in [0.4, 0.5) is 5.69 Å². The van der Waals surface area contributed by atoms with Crippen molar-refractivity contribution < 1.29 is 4.92 Å².